The van der Waals surface area contributed by atoms with E-state index in [4.69, 9.17) is 22.1 Å². The van der Waals surface area contributed by atoms with Gasteiger partial charge in [-0.05, 0) is 18.2 Å². The van der Waals surface area contributed by atoms with Crippen molar-refractivity contribution >= 4 is 23.2 Å². The number of halogens is 1. The molecule has 0 saturated carbocycles. The summed E-state index contributed by atoms with van der Waals surface area (Å²) in [4.78, 5) is 12.3. The van der Waals surface area contributed by atoms with Gasteiger partial charge in [-0.1, -0.05) is 35.9 Å². The smallest absolute Gasteiger partial charge is 0.253 e. The van der Waals surface area contributed by atoms with Gasteiger partial charge in [0.15, 0.2) is 0 Å². The van der Waals surface area contributed by atoms with Crippen molar-refractivity contribution in [2.45, 2.75) is 6.04 Å². The highest BCUT2D eigenvalue weighted by molar-refractivity contribution is 6.36. The molecule has 3 rings (SSSR count). The Labute approximate surface area is 121 Å². The monoisotopic (exact) mass is 288 g/mol. The molecule has 1 unspecified atom stereocenters. The number of nitrogens with two attached hydrogens (primary N) is 1. The molecular formula is C15H13ClN2O2. The number of anilines is 1. The zero-order valence-corrected chi connectivity index (χ0v) is 11.4. The Morgan fingerprint density at radius 1 is 1.25 bits per heavy atom. The van der Waals surface area contributed by atoms with E-state index >= 15 is 0 Å². The Balaban J connectivity index is 1.83. The SMILES string of the molecule is Nc1cccc(C(=O)NC2COc3ccccc32)c1Cl. The van der Waals surface area contributed by atoms with E-state index in [0.29, 0.717) is 17.9 Å². The summed E-state index contributed by atoms with van der Waals surface area (Å²) in [6.45, 7) is 0.422. The van der Waals surface area contributed by atoms with Crippen LogP contribution in [0.3, 0.4) is 0 Å². The van der Waals surface area contributed by atoms with Crippen LogP contribution in [0.5, 0.6) is 5.75 Å². The fraction of sp³-hybridized carbons (Fsp3) is 0.133. The van der Waals surface area contributed by atoms with E-state index in [1.54, 1.807) is 18.2 Å². The Morgan fingerprint density at radius 2 is 2.05 bits per heavy atom. The third-order valence-corrected chi connectivity index (χ3v) is 3.70. The number of para-hydroxylation sites is 1. The van der Waals surface area contributed by atoms with Gasteiger partial charge in [0.1, 0.15) is 12.4 Å². The average molecular weight is 289 g/mol. The summed E-state index contributed by atoms with van der Waals surface area (Å²) in [5.74, 6) is 0.545. The van der Waals surface area contributed by atoms with Crippen molar-refractivity contribution < 1.29 is 9.53 Å². The van der Waals surface area contributed by atoms with Crippen molar-refractivity contribution in [3.63, 3.8) is 0 Å². The van der Waals surface area contributed by atoms with Crippen LogP contribution in [0.4, 0.5) is 5.69 Å². The van der Waals surface area contributed by atoms with Crippen LogP contribution in [0.15, 0.2) is 42.5 Å². The predicted molar refractivity (Wildman–Crippen MR) is 78.0 cm³/mol. The third kappa shape index (κ3) is 2.18. The van der Waals surface area contributed by atoms with E-state index in [1.165, 1.54) is 0 Å². The van der Waals surface area contributed by atoms with Gasteiger partial charge in [0.2, 0.25) is 0 Å². The van der Waals surface area contributed by atoms with Gasteiger partial charge in [0.25, 0.3) is 5.91 Å². The molecule has 0 aliphatic carbocycles. The van der Waals surface area contributed by atoms with Crippen LogP contribution in [0, 0.1) is 0 Å². The molecule has 1 amide bonds. The largest absolute Gasteiger partial charge is 0.491 e. The molecule has 2 aromatic rings. The Kier molecular flexibility index (Phi) is 3.24. The third-order valence-electron chi connectivity index (χ3n) is 3.28. The second kappa shape index (κ2) is 5.06. The molecule has 0 saturated heterocycles. The maximum absolute atomic E-state index is 12.3. The topological polar surface area (TPSA) is 64.4 Å². The lowest BCUT2D eigenvalue weighted by Gasteiger charge is -2.13. The lowest BCUT2D eigenvalue weighted by Crippen LogP contribution is -2.29. The number of carbonyl (C=O) groups excluding carboxylic acids is 1. The van der Waals surface area contributed by atoms with Gasteiger partial charge in [0.05, 0.1) is 22.3 Å². The van der Waals surface area contributed by atoms with Crippen LogP contribution in [0.2, 0.25) is 5.02 Å². The average Bonchev–Trinajstić information content (AvgIpc) is 2.85. The van der Waals surface area contributed by atoms with Gasteiger partial charge in [-0.15, -0.1) is 0 Å². The number of nitrogen functional groups attached to an aromatic ring is 1. The zero-order chi connectivity index (χ0) is 14.1. The fourth-order valence-corrected chi connectivity index (χ4v) is 2.46. The maximum Gasteiger partial charge on any atom is 0.253 e. The van der Waals surface area contributed by atoms with E-state index in [-0.39, 0.29) is 17.0 Å². The summed E-state index contributed by atoms with van der Waals surface area (Å²) in [6.07, 6.45) is 0. The summed E-state index contributed by atoms with van der Waals surface area (Å²) in [5, 5.41) is 3.19. The highest BCUT2D eigenvalue weighted by atomic mass is 35.5. The Morgan fingerprint density at radius 3 is 2.90 bits per heavy atom. The Bertz CT molecular complexity index is 673. The number of amides is 1. The van der Waals surface area contributed by atoms with Crippen molar-refractivity contribution in [1.29, 1.82) is 0 Å². The molecule has 0 radical (unpaired) electrons. The van der Waals surface area contributed by atoms with Crippen LogP contribution in [-0.2, 0) is 0 Å². The molecule has 0 bridgehead atoms. The zero-order valence-electron chi connectivity index (χ0n) is 10.6. The molecule has 0 spiro atoms. The number of nitrogens with one attached hydrogen (secondary N) is 1. The normalized spacial score (nSPS) is 16.4. The fourth-order valence-electron chi connectivity index (χ4n) is 2.24. The Hall–Kier alpha value is -2.20. The minimum atomic E-state index is -0.257. The van der Waals surface area contributed by atoms with Crippen LogP contribution in [0.1, 0.15) is 22.0 Å². The first-order valence-corrected chi connectivity index (χ1v) is 6.61. The summed E-state index contributed by atoms with van der Waals surface area (Å²) in [6, 6.07) is 12.5. The van der Waals surface area contributed by atoms with Crippen LogP contribution >= 0.6 is 11.6 Å². The van der Waals surface area contributed by atoms with Gasteiger partial charge in [0, 0.05) is 5.56 Å². The summed E-state index contributed by atoms with van der Waals surface area (Å²) in [5.41, 5.74) is 7.44. The molecule has 0 aromatic heterocycles. The first-order valence-electron chi connectivity index (χ1n) is 6.23. The van der Waals surface area contributed by atoms with Crippen molar-refractivity contribution in [1.82, 2.24) is 5.32 Å². The van der Waals surface area contributed by atoms with Crippen molar-refractivity contribution in [2.75, 3.05) is 12.3 Å². The number of ether oxygens (including phenoxy) is 1. The summed E-state index contributed by atoms with van der Waals surface area (Å²) in [7, 11) is 0. The minimum Gasteiger partial charge on any atom is -0.491 e. The number of hydrogen-bond donors (Lipinski definition) is 2. The van der Waals surface area contributed by atoms with Crippen molar-refractivity contribution in [3.8, 4) is 5.75 Å². The highest BCUT2D eigenvalue weighted by Gasteiger charge is 2.26. The minimum absolute atomic E-state index is 0.170. The molecule has 3 N–H and O–H groups in total. The predicted octanol–water partition coefficient (Wildman–Crippen LogP) is 2.79. The summed E-state index contributed by atoms with van der Waals surface area (Å²) >= 11 is 6.06. The molecule has 1 aliphatic rings. The number of benzene rings is 2. The second-order valence-electron chi connectivity index (χ2n) is 4.58. The van der Waals surface area contributed by atoms with Gasteiger partial charge >= 0.3 is 0 Å². The number of hydrogen-bond acceptors (Lipinski definition) is 3. The standard InChI is InChI=1S/C15H13ClN2O2/c16-14-10(5-3-6-11(14)17)15(19)18-12-8-20-13-7-2-1-4-9(12)13/h1-7,12H,8,17H2,(H,18,19). The quantitative estimate of drug-likeness (QED) is 0.835. The molecule has 1 aliphatic heterocycles. The first-order chi connectivity index (χ1) is 9.66. The van der Waals surface area contributed by atoms with Gasteiger partial charge < -0.3 is 15.8 Å². The highest BCUT2D eigenvalue weighted by Crippen LogP contribution is 2.32. The molecule has 1 atom stereocenters. The lowest BCUT2D eigenvalue weighted by atomic mass is 10.1. The molecule has 4 nitrogen and oxygen atoms in total. The molecule has 0 fully saturated rings. The van der Waals surface area contributed by atoms with E-state index in [0.717, 1.165) is 11.3 Å². The maximum atomic E-state index is 12.3. The van der Waals surface area contributed by atoms with Crippen molar-refractivity contribution in [3.05, 3.63) is 58.6 Å². The van der Waals surface area contributed by atoms with E-state index < -0.39 is 0 Å². The number of rotatable bonds is 2. The molecule has 5 heteroatoms. The van der Waals surface area contributed by atoms with Crippen molar-refractivity contribution in [2.24, 2.45) is 0 Å². The molecular weight excluding hydrogens is 276 g/mol. The van der Waals surface area contributed by atoms with E-state index in [9.17, 15) is 4.79 Å². The van der Waals surface area contributed by atoms with Gasteiger partial charge in [-0.2, -0.15) is 0 Å². The molecule has 20 heavy (non-hydrogen) atoms. The van der Waals surface area contributed by atoms with Gasteiger partial charge in [-0.25, -0.2) is 0 Å². The number of fused-ring (bicyclic) bond motifs is 1. The van der Waals surface area contributed by atoms with Crippen LogP contribution in [-0.4, -0.2) is 12.5 Å². The van der Waals surface area contributed by atoms with Gasteiger partial charge in [-0.3, -0.25) is 4.79 Å². The first kappa shape index (κ1) is 12.8. The van der Waals surface area contributed by atoms with E-state index in [2.05, 4.69) is 5.32 Å². The van der Waals surface area contributed by atoms with E-state index in [1.807, 2.05) is 24.3 Å². The molecule has 1 heterocycles. The second-order valence-corrected chi connectivity index (χ2v) is 4.96. The summed E-state index contributed by atoms with van der Waals surface area (Å²) < 4.78 is 5.53. The van der Waals surface area contributed by atoms with Crippen LogP contribution in [0.25, 0.3) is 0 Å². The number of carbonyl (C=O) groups is 1. The molecule has 2 aromatic carbocycles. The lowest BCUT2D eigenvalue weighted by molar-refractivity contribution is 0.0930. The molecule has 102 valence electrons. The van der Waals surface area contributed by atoms with Crippen LogP contribution < -0.4 is 15.8 Å².